The summed E-state index contributed by atoms with van der Waals surface area (Å²) in [6.07, 6.45) is -0.518. The molecule has 0 radical (unpaired) electrons. The van der Waals surface area contributed by atoms with Gasteiger partial charge in [0.05, 0.1) is 28.7 Å². The SMILES string of the molecule is Cc1cccc2c1c(P(=O)(OC(C)C)OC(C)C)c(C)n2O. The predicted molar refractivity (Wildman–Crippen MR) is 88.3 cm³/mol. The first-order chi connectivity index (χ1) is 10.2. The van der Waals surface area contributed by atoms with Gasteiger partial charge in [0.1, 0.15) is 0 Å². The smallest absolute Gasteiger partial charge is 0.364 e. The predicted octanol–water partition coefficient (Wildman–Crippen LogP) is 4.16. The monoisotopic (exact) mass is 325 g/mol. The Balaban J connectivity index is 2.79. The molecule has 0 atom stereocenters. The van der Waals surface area contributed by atoms with Crippen molar-refractivity contribution in [1.82, 2.24) is 4.73 Å². The van der Waals surface area contributed by atoms with Crippen LogP contribution in [-0.2, 0) is 13.6 Å². The molecule has 0 saturated carbocycles. The van der Waals surface area contributed by atoms with Crippen LogP contribution in [0.5, 0.6) is 0 Å². The van der Waals surface area contributed by atoms with Crippen LogP contribution in [0.3, 0.4) is 0 Å². The van der Waals surface area contributed by atoms with E-state index in [0.29, 0.717) is 16.5 Å². The summed E-state index contributed by atoms with van der Waals surface area (Å²) in [7, 11) is -3.55. The van der Waals surface area contributed by atoms with Crippen molar-refractivity contribution in [1.29, 1.82) is 0 Å². The Morgan fingerprint density at radius 3 is 2.14 bits per heavy atom. The van der Waals surface area contributed by atoms with Crippen LogP contribution in [-0.4, -0.2) is 22.1 Å². The summed E-state index contributed by atoms with van der Waals surface area (Å²) in [5.41, 5.74) is 2.00. The van der Waals surface area contributed by atoms with E-state index in [9.17, 15) is 9.77 Å². The molecule has 1 heterocycles. The minimum atomic E-state index is -3.55. The number of benzene rings is 1. The zero-order chi connectivity index (χ0) is 16.7. The molecule has 0 bridgehead atoms. The van der Waals surface area contributed by atoms with Crippen molar-refractivity contribution >= 4 is 23.8 Å². The number of fused-ring (bicyclic) bond motifs is 1. The first-order valence-electron chi connectivity index (χ1n) is 7.44. The molecule has 0 amide bonds. The highest BCUT2D eigenvalue weighted by molar-refractivity contribution is 7.63. The molecule has 0 unspecified atom stereocenters. The third kappa shape index (κ3) is 2.94. The molecular weight excluding hydrogens is 301 g/mol. The maximum Gasteiger partial charge on any atom is 0.364 e. The summed E-state index contributed by atoms with van der Waals surface area (Å²) in [6.45, 7) is 10.9. The van der Waals surface area contributed by atoms with Crippen molar-refractivity contribution in [3.05, 3.63) is 29.5 Å². The van der Waals surface area contributed by atoms with Gasteiger partial charge in [-0.2, -0.15) is 4.73 Å². The van der Waals surface area contributed by atoms with Crippen LogP contribution in [0.4, 0.5) is 0 Å². The van der Waals surface area contributed by atoms with Crippen LogP contribution in [0, 0.1) is 13.8 Å². The number of aryl methyl sites for hydroxylation is 1. The van der Waals surface area contributed by atoms with E-state index < -0.39 is 7.60 Å². The molecule has 1 N–H and O–H groups in total. The van der Waals surface area contributed by atoms with Crippen molar-refractivity contribution < 1.29 is 18.8 Å². The quantitative estimate of drug-likeness (QED) is 0.662. The van der Waals surface area contributed by atoms with Gasteiger partial charge in [-0.3, -0.25) is 4.57 Å². The second-order valence-corrected chi connectivity index (χ2v) is 7.88. The van der Waals surface area contributed by atoms with Gasteiger partial charge in [-0.05, 0) is 53.2 Å². The van der Waals surface area contributed by atoms with Crippen molar-refractivity contribution in [2.75, 3.05) is 0 Å². The molecule has 0 aliphatic carbocycles. The Kier molecular flexibility index (Phi) is 4.71. The van der Waals surface area contributed by atoms with Gasteiger partial charge in [-0.1, -0.05) is 12.1 Å². The summed E-state index contributed by atoms with van der Waals surface area (Å²) < 4.78 is 25.9. The van der Waals surface area contributed by atoms with Crippen molar-refractivity contribution in [3.63, 3.8) is 0 Å². The lowest BCUT2D eigenvalue weighted by Gasteiger charge is -2.23. The Labute approximate surface area is 131 Å². The maximum atomic E-state index is 13.5. The van der Waals surface area contributed by atoms with Gasteiger partial charge in [-0.25, -0.2) is 0 Å². The fourth-order valence-electron chi connectivity index (χ4n) is 2.62. The first kappa shape index (κ1) is 17.1. The Bertz CT molecular complexity index is 719. The first-order valence-corrected chi connectivity index (χ1v) is 8.99. The van der Waals surface area contributed by atoms with Gasteiger partial charge in [-0.15, -0.1) is 0 Å². The number of hydrogen-bond donors (Lipinski definition) is 1. The molecule has 5 nitrogen and oxygen atoms in total. The summed E-state index contributed by atoms with van der Waals surface area (Å²) >= 11 is 0. The second kappa shape index (κ2) is 6.07. The number of nitrogens with zero attached hydrogens (tertiary/aromatic N) is 1. The maximum absolute atomic E-state index is 13.5. The number of hydrogen-bond acceptors (Lipinski definition) is 4. The lowest BCUT2D eigenvalue weighted by Crippen LogP contribution is -2.19. The van der Waals surface area contributed by atoms with Crippen LogP contribution < -0.4 is 5.30 Å². The van der Waals surface area contributed by atoms with Crippen LogP contribution in [0.1, 0.15) is 39.0 Å². The molecule has 0 saturated heterocycles. The lowest BCUT2D eigenvalue weighted by atomic mass is 10.1. The van der Waals surface area contributed by atoms with E-state index in [4.69, 9.17) is 9.05 Å². The third-order valence-corrected chi connectivity index (χ3v) is 5.84. The van der Waals surface area contributed by atoms with E-state index in [2.05, 4.69) is 0 Å². The highest BCUT2D eigenvalue weighted by Crippen LogP contribution is 2.52. The zero-order valence-corrected chi connectivity index (χ0v) is 14.8. The van der Waals surface area contributed by atoms with Gasteiger partial charge in [0.15, 0.2) is 0 Å². The topological polar surface area (TPSA) is 60.7 Å². The molecule has 0 aliphatic rings. The normalized spacial score (nSPS) is 12.7. The van der Waals surface area contributed by atoms with E-state index in [-0.39, 0.29) is 12.2 Å². The zero-order valence-electron chi connectivity index (χ0n) is 14.0. The van der Waals surface area contributed by atoms with E-state index in [1.807, 2.05) is 46.8 Å². The minimum Gasteiger partial charge on any atom is -0.428 e. The van der Waals surface area contributed by atoms with Crippen molar-refractivity contribution in [2.45, 2.75) is 53.8 Å². The Morgan fingerprint density at radius 1 is 1.09 bits per heavy atom. The molecule has 1 aromatic heterocycles. The molecule has 2 rings (SSSR count). The molecular formula is C16H24NO4P. The second-order valence-electron chi connectivity index (χ2n) is 6.02. The van der Waals surface area contributed by atoms with Crippen molar-refractivity contribution in [3.8, 4) is 0 Å². The third-order valence-electron chi connectivity index (χ3n) is 3.35. The van der Waals surface area contributed by atoms with Gasteiger partial charge < -0.3 is 14.3 Å². The van der Waals surface area contributed by atoms with E-state index >= 15 is 0 Å². The molecule has 2 aromatic rings. The summed E-state index contributed by atoms with van der Waals surface area (Å²) in [6, 6.07) is 5.55. The van der Waals surface area contributed by atoms with Gasteiger partial charge in [0.25, 0.3) is 0 Å². The summed E-state index contributed by atoms with van der Waals surface area (Å²) in [4.78, 5) is 0. The van der Waals surface area contributed by atoms with Crippen LogP contribution >= 0.6 is 7.60 Å². The molecule has 0 spiro atoms. The standard InChI is InChI=1S/C16H24NO4P/c1-10(2)20-22(19,21-11(3)4)16-13(6)17(18)14-9-7-8-12(5)15(14)16/h7-11,18H,1-6H3. The van der Waals surface area contributed by atoms with Crippen LogP contribution in [0.15, 0.2) is 18.2 Å². The number of rotatable bonds is 5. The molecule has 0 fully saturated rings. The largest absolute Gasteiger partial charge is 0.428 e. The van der Waals surface area contributed by atoms with Gasteiger partial charge in [0, 0.05) is 5.39 Å². The van der Waals surface area contributed by atoms with Crippen LogP contribution in [0.25, 0.3) is 10.9 Å². The fraction of sp³-hybridized carbons (Fsp3) is 0.500. The average molecular weight is 325 g/mol. The fourth-order valence-corrected chi connectivity index (χ4v) is 5.05. The Morgan fingerprint density at radius 2 is 1.64 bits per heavy atom. The molecule has 122 valence electrons. The van der Waals surface area contributed by atoms with E-state index in [1.165, 1.54) is 0 Å². The number of aromatic nitrogens is 1. The van der Waals surface area contributed by atoms with Crippen LogP contribution in [0.2, 0.25) is 0 Å². The molecule has 6 heteroatoms. The highest BCUT2D eigenvalue weighted by Gasteiger charge is 2.37. The Hall–Kier alpha value is -1.29. The molecule has 0 aliphatic heterocycles. The molecule has 22 heavy (non-hydrogen) atoms. The summed E-state index contributed by atoms with van der Waals surface area (Å²) in [5.74, 6) is 0. The highest BCUT2D eigenvalue weighted by atomic mass is 31.2. The summed E-state index contributed by atoms with van der Waals surface area (Å²) in [5, 5.41) is 11.5. The van der Waals surface area contributed by atoms with Gasteiger partial charge in [0.2, 0.25) is 0 Å². The van der Waals surface area contributed by atoms with Crippen molar-refractivity contribution in [2.24, 2.45) is 0 Å². The molecule has 1 aromatic carbocycles. The van der Waals surface area contributed by atoms with E-state index in [1.54, 1.807) is 13.0 Å². The average Bonchev–Trinajstić information content (AvgIpc) is 2.62. The van der Waals surface area contributed by atoms with E-state index in [0.717, 1.165) is 15.7 Å². The van der Waals surface area contributed by atoms with Gasteiger partial charge >= 0.3 is 7.60 Å². The minimum absolute atomic E-state index is 0.259. The lowest BCUT2D eigenvalue weighted by molar-refractivity contribution is 0.149.